The highest BCUT2D eigenvalue weighted by Crippen LogP contribution is 2.18. The van der Waals surface area contributed by atoms with Gasteiger partial charge < -0.3 is 20.3 Å². The maximum atomic E-state index is 11.9. The molecule has 24 heavy (non-hydrogen) atoms. The molecule has 1 aliphatic heterocycles. The molecule has 1 aromatic heterocycles. The van der Waals surface area contributed by atoms with Gasteiger partial charge in [-0.15, -0.1) is 10.2 Å². The predicted octanol–water partition coefficient (Wildman–Crippen LogP) is 1.64. The molecule has 2 rings (SSSR count). The van der Waals surface area contributed by atoms with Crippen LogP contribution in [0, 0.1) is 5.92 Å². The molecule has 136 valence electrons. The molecule has 2 amide bonds. The van der Waals surface area contributed by atoms with Crippen molar-refractivity contribution in [1.82, 2.24) is 25.4 Å². The van der Waals surface area contributed by atoms with E-state index in [0.29, 0.717) is 13.0 Å². The molecule has 0 aromatic carbocycles. The fourth-order valence-corrected chi connectivity index (χ4v) is 2.95. The van der Waals surface area contributed by atoms with Gasteiger partial charge in [0.05, 0.1) is 5.60 Å². The second kappa shape index (κ2) is 8.46. The number of nitrogens with one attached hydrogen (secondary N) is 2. The largest absolute Gasteiger partial charge is 0.388 e. The van der Waals surface area contributed by atoms with Gasteiger partial charge >= 0.3 is 6.03 Å². The first-order valence-corrected chi connectivity index (χ1v) is 9.09. The quantitative estimate of drug-likeness (QED) is 0.705. The summed E-state index contributed by atoms with van der Waals surface area (Å²) in [6.45, 7) is 7.50. The Morgan fingerprint density at radius 3 is 2.88 bits per heavy atom. The van der Waals surface area contributed by atoms with Crippen molar-refractivity contribution >= 4 is 6.03 Å². The fraction of sp³-hybridized carbons (Fsp3) is 0.824. The van der Waals surface area contributed by atoms with Crippen LogP contribution in [0.4, 0.5) is 4.79 Å². The highest BCUT2D eigenvalue weighted by atomic mass is 16.3. The van der Waals surface area contributed by atoms with Crippen LogP contribution in [0.5, 0.6) is 0 Å². The second-order valence-electron chi connectivity index (χ2n) is 7.02. The number of fused-ring (bicyclic) bond motifs is 1. The summed E-state index contributed by atoms with van der Waals surface area (Å²) >= 11 is 0. The van der Waals surface area contributed by atoms with Crippen molar-refractivity contribution in [3.05, 3.63) is 11.6 Å². The van der Waals surface area contributed by atoms with E-state index in [4.69, 9.17) is 0 Å². The van der Waals surface area contributed by atoms with Crippen LogP contribution < -0.4 is 10.6 Å². The zero-order valence-electron chi connectivity index (χ0n) is 15.1. The Balaban J connectivity index is 1.74. The SMILES string of the molecule is CCC(C)C(C)(O)CNC(=O)NCCc1nnc2n1CCCCC2. The smallest absolute Gasteiger partial charge is 0.314 e. The summed E-state index contributed by atoms with van der Waals surface area (Å²) in [6, 6.07) is -0.255. The number of nitrogens with zero attached hydrogens (tertiary/aromatic N) is 3. The number of aromatic nitrogens is 3. The van der Waals surface area contributed by atoms with Gasteiger partial charge in [-0.1, -0.05) is 26.7 Å². The van der Waals surface area contributed by atoms with Gasteiger partial charge in [0.2, 0.25) is 0 Å². The average Bonchev–Trinajstić information content (AvgIpc) is 2.79. The van der Waals surface area contributed by atoms with Crippen LogP contribution in [0.2, 0.25) is 0 Å². The predicted molar refractivity (Wildman–Crippen MR) is 92.8 cm³/mol. The van der Waals surface area contributed by atoms with E-state index in [1.54, 1.807) is 6.92 Å². The summed E-state index contributed by atoms with van der Waals surface area (Å²) in [5.74, 6) is 2.14. The number of hydrogen-bond donors (Lipinski definition) is 3. The molecule has 2 unspecified atom stereocenters. The van der Waals surface area contributed by atoms with E-state index in [1.807, 2.05) is 13.8 Å². The van der Waals surface area contributed by atoms with E-state index in [1.165, 1.54) is 12.8 Å². The number of hydrogen-bond acceptors (Lipinski definition) is 4. The van der Waals surface area contributed by atoms with Crippen molar-refractivity contribution in [2.45, 2.75) is 71.4 Å². The molecule has 1 aromatic rings. The molecule has 1 aliphatic rings. The first-order valence-electron chi connectivity index (χ1n) is 9.09. The molecule has 0 fully saturated rings. The van der Waals surface area contributed by atoms with E-state index in [-0.39, 0.29) is 18.5 Å². The highest BCUT2D eigenvalue weighted by Gasteiger charge is 2.27. The lowest BCUT2D eigenvalue weighted by Crippen LogP contribution is -2.48. The Hall–Kier alpha value is -1.63. The first-order chi connectivity index (χ1) is 11.4. The Morgan fingerprint density at radius 2 is 2.12 bits per heavy atom. The lowest BCUT2D eigenvalue weighted by atomic mass is 9.89. The van der Waals surface area contributed by atoms with Gasteiger partial charge in [-0.05, 0) is 25.7 Å². The molecule has 2 heterocycles. The Kier molecular flexibility index (Phi) is 6.60. The van der Waals surface area contributed by atoms with Gasteiger partial charge in [-0.2, -0.15) is 0 Å². The monoisotopic (exact) mass is 337 g/mol. The summed E-state index contributed by atoms with van der Waals surface area (Å²) in [6.07, 6.45) is 6.10. The molecule has 7 nitrogen and oxygen atoms in total. The third kappa shape index (κ3) is 4.93. The third-order valence-corrected chi connectivity index (χ3v) is 5.10. The minimum Gasteiger partial charge on any atom is -0.388 e. The van der Waals surface area contributed by atoms with Crippen molar-refractivity contribution in [2.75, 3.05) is 13.1 Å². The Bertz CT molecular complexity index is 541. The van der Waals surface area contributed by atoms with E-state index < -0.39 is 5.60 Å². The minimum absolute atomic E-state index is 0.129. The maximum Gasteiger partial charge on any atom is 0.314 e. The number of aliphatic hydroxyl groups is 1. The number of rotatable bonds is 7. The van der Waals surface area contributed by atoms with E-state index in [0.717, 1.165) is 37.5 Å². The molecule has 0 saturated carbocycles. The van der Waals surface area contributed by atoms with Crippen molar-refractivity contribution in [2.24, 2.45) is 5.92 Å². The van der Waals surface area contributed by atoms with Gasteiger partial charge in [-0.25, -0.2) is 4.79 Å². The van der Waals surface area contributed by atoms with E-state index in [9.17, 15) is 9.90 Å². The van der Waals surface area contributed by atoms with Crippen molar-refractivity contribution in [3.63, 3.8) is 0 Å². The molecule has 0 bridgehead atoms. The summed E-state index contributed by atoms with van der Waals surface area (Å²) in [7, 11) is 0. The van der Waals surface area contributed by atoms with Crippen LogP contribution in [-0.2, 0) is 19.4 Å². The van der Waals surface area contributed by atoms with Gasteiger partial charge in [0.15, 0.2) is 0 Å². The molecular formula is C17H31N5O2. The first kappa shape index (κ1) is 18.7. The Morgan fingerprint density at radius 1 is 1.33 bits per heavy atom. The van der Waals surface area contributed by atoms with Gasteiger partial charge in [0.25, 0.3) is 0 Å². The van der Waals surface area contributed by atoms with Crippen LogP contribution in [0.1, 0.15) is 58.1 Å². The molecule has 0 saturated heterocycles. The lowest BCUT2D eigenvalue weighted by molar-refractivity contribution is 0.00791. The summed E-state index contributed by atoms with van der Waals surface area (Å²) in [4.78, 5) is 11.9. The molecule has 0 aliphatic carbocycles. The summed E-state index contributed by atoms with van der Waals surface area (Å²) < 4.78 is 2.19. The zero-order valence-corrected chi connectivity index (χ0v) is 15.1. The van der Waals surface area contributed by atoms with Crippen molar-refractivity contribution in [3.8, 4) is 0 Å². The standard InChI is InChI=1S/C17H31N5O2/c1-4-13(2)17(3,24)12-19-16(23)18-10-9-15-21-20-14-8-6-5-7-11-22(14)15/h13,24H,4-12H2,1-3H3,(H2,18,19,23). The molecular weight excluding hydrogens is 306 g/mol. The van der Waals surface area contributed by atoms with Crippen LogP contribution in [0.15, 0.2) is 0 Å². The molecule has 3 N–H and O–H groups in total. The van der Waals surface area contributed by atoms with Crippen LogP contribution >= 0.6 is 0 Å². The van der Waals surface area contributed by atoms with Gasteiger partial charge in [0.1, 0.15) is 11.6 Å². The lowest BCUT2D eigenvalue weighted by Gasteiger charge is -2.29. The van der Waals surface area contributed by atoms with Gasteiger partial charge in [0, 0.05) is 32.5 Å². The molecule has 0 radical (unpaired) electrons. The summed E-state index contributed by atoms with van der Waals surface area (Å²) in [5.41, 5.74) is -0.892. The minimum atomic E-state index is -0.892. The number of carbonyl (C=O) groups is 1. The fourth-order valence-electron chi connectivity index (χ4n) is 2.95. The third-order valence-electron chi connectivity index (χ3n) is 5.10. The van der Waals surface area contributed by atoms with Crippen LogP contribution in [0.25, 0.3) is 0 Å². The van der Waals surface area contributed by atoms with Crippen LogP contribution in [-0.4, -0.2) is 44.6 Å². The van der Waals surface area contributed by atoms with Gasteiger partial charge in [-0.3, -0.25) is 0 Å². The Labute approximate surface area is 144 Å². The molecule has 7 heteroatoms. The number of amides is 2. The zero-order chi connectivity index (χ0) is 17.6. The highest BCUT2D eigenvalue weighted by molar-refractivity contribution is 5.73. The number of aryl methyl sites for hydroxylation is 1. The van der Waals surface area contributed by atoms with E-state index in [2.05, 4.69) is 25.4 Å². The number of urea groups is 1. The van der Waals surface area contributed by atoms with E-state index >= 15 is 0 Å². The van der Waals surface area contributed by atoms with Crippen molar-refractivity contribution < 1.29 is 9.90 Å². The van der Waals surface area contributed by atoms with Crippen LogP contribution in [0.3, 0.4) is 0 Å². The van der Waals surface area contributed by atoms with Crippen molar-refractivity contribution in [1.29, 1.82) is 0 Å². The molecule has 2 atom stereocenters. The molecule has 0 spiro atoms. The number of carbonyl (C=O) groups excluding carboxylic acids is 1. The average molecular weight is 337 g/mol. The maximum absolute atomic E-state index is 11.9. The topological polar surface area (TPSA) is 92.1 Å². The second-order valence-corrected chi connectivity index (χ2v) is 7.02. The normalized spacial score (nSPS) is 18.2. The summed E-state index contributed by atoms with van der Waals surface area (Å²) in [5, 5.41) is 24.4.